The fourth-order valence-corrected chi connectivity index (χ4v) is 5.86. The molecule has 0 saturated heterocycles. The van der Waals surface area contributed by atoms with E-state index < -0.39 is 0 Å². The highest BCUT2D eigenvalue weighted by atomic mass is 16.3. The van der Waals surface area contributed by atoms with Crippen LogP contribution in [0.25, 0.3) is 44.0 Å². The molecule has 3 nitrogen and oxygen atoms in total. The standard InChI is InChI=1S/C30H31N2O/c1-18-10-11-21-20-13-12-19-22(17-31-28-25(19)29(2,3)14-15-30(28,4)5)26(20)33-27(21)24(18)23-9-7-8-16-32(23)6/h7-13,16-17H,14-15H2,1-6H3/q+1. The highest BCUT2D eigenvalue weighted by Gasteiger charge is 2.39. The van der Waals surface area contributed by atoms with E-state index in [0.29, 0.717) is 0 Å². The summed E-state index contributed by atoms with van der Waals surface area (Å²) in [5.74, 6) is 0. The van der Waals surface area contributed by atoms with Gasteiger partial charge in [0, 0.05) is 39.9 Å². The Bertz CT molecular complexity index is 1590. The first-order chi connectivity index (χ1) is 15.7. The van der Waals surface area contributed by atoms with Crippen molar-refractivity contribution < 1.29 is 8.98 Å². The van der Waals surface area contributed by atoms with Gasteiger partial charge in [-0.3, -0.25) is 4.98 Å². The lowest BCUT2D eigenvalue weighted by atomic mass is 9.64. The topological polar surface area (TPSA) is 29.9 Å². The zero-order valence-corrected chi connectivity index (χ0v) is 20.4. The lowest BCUT2D eigenvalue weighted by Crippen LogP contribution is -2.35. The number of hydrogen-bond donors (Lipinski definition) is 0. The molecule has 166 valence electrons. The molecule has 0 saturated carbocycles. The van der Waals surface area contributed by atoms with Gasteiger partial charge in [-0.1, -0.05) is 45.9 Å². The van der Waals surface area contributed by atoms with Crippen LogP contribution in [0.1, 0.15) is 57.4 Å². The first kappa shape index (κ1) is 20.4. The van der Waals surface area contributed by atoms with Crippen LogP contribution in [-0.2, 0) is 17.9 Å². The number of pyridine rings is 2. The van der Waals surface area contributed by atoms with E-state index in [2.05, 4.69) is 101 Å². The van der Waals surface area contributed by atoms with Crippen LogP contribution in [0.15, 0.2) is 59.3 Å². The van der Waals surface area contributed by atoms with E-state index in [4.69, 9.17) is 9.40 Å². The van der Waals surface area contributed by atoms with E-state index in [9.17, 15) is 0 Å². The molecule has 0 radical (unpaired) electrons. The first-order valence-corrected chi connectivity index (χ1v) is 11.9. The largest absolute Gasteiger partial charge is 0.454 e. The van der Waals surface area contributed by atoms with E-state index in [1.807, 2.05) is 0 Å². The van der Waals surface area contributed by atoms with Crippen molar-refractivity contribution >= 4 is 32.7 Å². The van der Waals surface area contributed by atoms with Gasteiger partial charge in [-0.25, -0.2) is 4.57 Å². The monoisotopic (exact) mass is 435 g/mol. The average Bonchev–Trinajstić information content (AvgIpc) is 3.16. The van der Waals surface area contributed by atoms with Gasteiger partial charge in [-0.05, 0) is 53.8 Å². The van der Waals surface area contributed by atoms with Crippen molar-refractivity contribution in [1.82, 2.24) is 4.98 Å². The molecule has 1 aliphatic rings. The van der Waals surface area contributed by atoms with Gasteiger partial charge < -0.3 is 4.42 Å². The van der Waals surface area contributed by atoms with Gasteiger partial charge in [0.25, 0.3) is 0 Å². The van der Waals surface area contributed by atoms with Gasteiger partial charge in [0.1, 0.15) is 18.2 Å². The third kappa shape index (κ3) is 2.81. The van der Waals surface area contributed by atoms with Gasteiger partial charge >= 0.3 is 0 Å². The molecule has 3 heteroatoms. The Morgan fingerprint density at radius 3 is 2.30 bits per heavy atom. The molecule has 3 aromatic heterocycles. The summed E-state index contributed by atoms with van der Waals surface area (Å²) in [7, 11) is 2.09. The summed E-state index contributed by atoms with van der Waals surface area (Å²) in [5.41, 5.74) is 8.25. The summed E-state index contributed by atoms with van der Waals surface area (Å²) in [4.78, 5) is 5.06. The molecule has 3 heterocycles. The number of aryl methyl sites for hydroxylation is 2. The van der Waals surface area contributed by atoms with Gasteiger partial charge in [-0.15, -0.1) is 0 Å². The first-order valence-electron chi connectivity index (χ1n) is 11.9. The maximum Gasteiger partial charge on any atom is 0.216 e. The Morgan fingerprint density at radius 2 is 1.52 bits per heavy atom. The van der Waals surface area contributed by atoms with E-state index in [-0.39, 0.29) is 10.8 Å². The Labute approximate surface area is 195 Å². The van der Waals surface area contributed by atoms with Crippen LogP contribution in [0.3, 0.4) is 0 Å². The van der Waals surface area contributed by atoms with Crippen molar-refractivity contribution in [3.05, 3.63) is 71.7 Å². The minimum atomic E-state index is 0.0915. The fourth-order valence-electron chi connectivity index (χ4n) is 5.86. The normalized spacial score (nSPS) is 17.0. The highest BCUT2D eigenvalue weighted by Crippen LogP contribution is 2.49. The number of rotatable bonds is 1. The van der Waals surface area contributed by atoms with E-state index >= 15 is 0 Å². The van der Waals surface area contributed by atoms with Crippen LogP contribution in [0.5, 0.6) is 0 Å². The second-order valence-corrected chi connectivity index (χ2v) is 11.1. The molecule has 0 unspecified atom stereocenters. The van der Waals surface area contributed by atoms with Gasteiger partial charge in [0.2, 0.25) is 5.69 Å². The molecule has 33 heavy (non-hydrogen) atoms. The molecule has 1 aliphatic carbocycles. The molecule has 6 rings (SSSR count). The number of aromatic nitrogens is 2. The lowest BCUT2D eigenvalue weighted by Gasteiger charge is -2.41. The maximum atomic E-state index is 6.74. The minimum Gasteiger partial charge on any atom is -0.454 e. The third-order valence-corrected chi connectivity index (χ3v) is 7.89. The van der Waals surface area contributed by atoms with Gasteiger partial charge in [-0.2, -0.15) is 0 Å². The number of hydrogen-bond acceptors (Lipinski definition) is 2. The summed E-state index contributed by atoms with van der Waals surface area (Å²) in [6.45, 7) is 11.5. The summed E-state index contributed by atoms with van der Waals surface area (Å²) >= 11 is 0. The molecule has 5 aromatic rings. The maximum absolute atomic E-state index is 6.74. The number of furan rings is 1. The van der Waals surface area contributed by atoms with Crippen molar-refractivity contribution in [2.24, 2.45) is 7.05 Å². The predicted octanol–water partition coefficient (Wildman–Crippen LogP) is 7.28. The highest BCUT2D eigenvalue weighted by molar-refractivity contribution is 6.17. The van der Waals surface area contributed by atoms with Crippen LogP contribution in [0.4, 0.5) is 0 Å². The van der Waals surface area contributed by atoms with Gasteiger partial charge in [0.15, 0.2) is 6.20 Å². The summed E-state index contributed by atoms with van der Waals surface area (Å²) in [6.07, 6.45) is 6.47. The Balaban J connectivity index is 1.73. The fraction of sp³-hybridized carbons (Fsp3) is 0.333. The minimum absolute atomic E-state index is 0.0915. The molecular formula is C30H31N2O+. The van der Waals surface area contributed by atoms with Crippen LogP contribution in [-0.4, -0.2) is 4.98 Å². The molecule has 0 amide bonds. The number of fused-ring (bicyclic) bond motifs is 7. The van der Waals surface area contributed by atoms with Crippen LogP contribution >= 0.6 is 0 Å². The second-order valence-electron chi connectivity index (χ2n) is 11.1. The number of nitrogens with zero attached hydrogens (tertiary/aromatic N) is 2. The zero-order valence-electron chi connectivity index (χ0n) is 20.4. The Morgan fingerprint density at radius 1 is 0.818 bits per heavy atom. The zero-order chi connectivity index (χ0) is 23.1. The Kier molecular flexibility index (Phi) is 4.12. The van der Waals surface area contributed by atoms with Crippen molar-refractivity contribution in [2.75, 3.05) is 0 Å². The third-order valence-electron chi connectivity index (χ3n) is 7.89. The smallest absolute Gasteiger partial charge is 0.216 e. The van der Waals surface area contributed by atoms with Crippen molar-refractivity contribution in [3.63, 3.8) is 0 Å². The summed E-state index contributed by atoms with van der Waals surface area (Å²) in [6, 6.07) is 15.3. The SMILES string of the molecule is Cc1ccc2c(oc3c4cnc5c(c4ccc23)C(C)(C)CCC5(C)C)c1-c1cccc[n+]1C. The van der Waals surface area contributed by atoms with E-state index in [0.717, 1.165) is 45.0 Å². The molecule has 0 spiro atoms. The number of benzene rings is 2. The molecule has 0 fully saturated rings. The molecule has 2 aromatic carbocycles. The Hall–Kier alpha value is -3.20. The quantitative estimate of drug-likeness (QED) is 0.259. The summed E-state index contributed by atoms with van der Waals surface area (Å²) in [5, 5.41) is 4.72. The van der Waals surface area contributed by atoms with Crippen LogP contribution in [0, 0.1) is 6.92 Å². The van der Waals surface area contributed by atoms with Crippen LogP contribution < -0.4 is 4.57 Å². The molecule has 0 N–H and O–H groups in total. The molecule has 0 aliphatic heterocycles. The van der Waals surface area contributed by atoms with Crippen molar-refractivity contribution in [1.29, 1.82) is 0 Å². The van der Waals surface area contributed by atoms with E-state index in [1.165, 1.54) is 28.6 Å². The lowest BCUT2D eigenvalue weighted by molar-refractivity contribution is -0.660. The van der Waals surface area contributed by atoms with Crippen molar-refractivity contribution in [2.45, 2.75) is 58.3 Å². The predicted molar refractivity (Wildman–Crippen MR) is 136 cm³/mol. The average molecular weight is 436 g/mol. The van der Waals surface area contributed by atoms with Gasteiger partial charge in [0.05, 0.1) is 11.3 Å². The van der Waals surface area contributed by atoms with Crippen LogP contribution in [0.2, 0.25) is 0 Å². The second kappa shape index (κ2) is 6.66. The summed E-state index contributed by atoms with van der Waals surface area (Å²) < 4.78 is 8.91. The molecule has 0 bridgehead atoms. The molecular weight excluding hydrogens is 404 g/mol. The van der Waals surface area contributed by atoms with Crippen molar-refractivity contribution in [3.8, 4) is 11.3 Å². The molecule has 0 atom stereocenters. The van der Waals surface area contributed by atoms with E-state index in [1.54, 1.807) is 0 Å².